The number of rotatable bonds is 5. The highest BCUT2D eigenvalue weighted by Crippen LogP contribution is 2.20. The zero-order chi connectivity index (χ0) is 15.9. The van der Waals surface area contributed by atoms with E-state index in [4.69, 9.17) is 0 Å². The van der Waals surface area contributed by atoms with E-state index in [1.54, 1.807) is 12.2 Å². The molecule has 0 aliphatic carbocycles. The predicted molar refractivity (Wildman–Crippen MR) is 97.0 cm³/mol. The Balaban J connectivity index is 1.97. The average molecular weight is 358 g/mol. The highest BCUT2D eigenvalue weighted by Gasteiger charge is 2.03. The first-order valence-electron chi connectivity index (χ1n) is 7.43. The number of hydrogen-bond donors (Lipinski definition) is 1. The Kier molecular flexibility index (Phi) is 5.96. The van der Waals surface area contributed by atoms with Crippen LogP contribution in [-0.2, 0) is 4.79 Å². The Morgan fingerprint density at radius 2 is 1.95 bits per heavy atom. The Hall–Kier alpha value is -1.87. The molecule has 0 radical (unpaired) electrons. The maximum absolute atomic E-state index is 11.9. The van der Waals surface area contributed by atoms with Gasteiger partial charge in [-0.25, -0.2) is 0 Å². The molecule has 22 heavy (non-hydrogen) atoms. The molecule has 1 amide bonds. The molecule has 2 rings (SSSR count). The molecular weight excluding hydrogens is 338 g/mol. The molecule has 0 saturated heterocycles. The van der Waals surface area contributed by atoms with Gasteiger partial charge < -0.3 is 5.32 Å². The topological polar surface area (TPSA) is 29.1 Å². The van der Waals surface area contributed by atoms with Gasteiger partial charge in [-0.05, 0) is 53.8 Å². The zero-order valence-corrected chi connectivity index (χ0v) is 14.4. The van der Waals surface area contributed by atoms with E-state index in [1.807, 2.05) is 36.4 Å². The molecule has 0 fully saturated rings. The van der Waals surface area contributed by atoms with E-state index in [2.05, 4.69) is 47.2 Å². The van der Waals surface area contributed by atoms with Crippen LogP contribution in [0.15, 0.2) is 59.1 Å². The molecule has 0 aliphatic rings. The van der Waals surface area contributed by atoms with Gasteiger partial charge in [-0.1, -0.05) is 54.0 Å². The second kappa shape index (κ2) is 7.95. The number of carbonyl (C=O) groups is 1. The van der Waals surface area contributed by atoms with Crippen LogP contribution in [-0.4, -0.2) is 5.91 Å². The number of nitrogens with one attached hydrogen (secondary N) is 1. The number of anilines is 1. The summed E-state index contributed by atoms with van der Waals surface area (Å²) in [6.45, 7) is 4.38. The van der Waals surface area contributed by atoms with Crippen LogP contribution in [0, 0.1) is 0 Å². The lowest BCUT2D eigenvalue weighted by molar-refractivity contribution is -0.111. The van der Waals surface area contributed by atoms with Gasteiger partial charge in [0.2, 0.25) is 5.91 Å². The summed E-state index contributed by atoms with van der Waals surface area (Å²) in [5.74, 6) is 0.414. The lowest BCUT2D eigenvalue weighted by Crippen LogP contribution is -2.07. The Morgan fingerprint density at radius 1 is 1.23 bits per heavy atom. The first-order valence-corrected chi connectivity index (χ1v) is 8.22. The van der Waals surface area contributed by atoms with Gasteiger partial charge in [-0.2, -0.15) is 0 Å². The van der Waals surface area contributed by atoms with E-state index in [9.17, 15) is 4.79 Å². The van der Waals surface area contributed by atoms with E-state index in [0.717, 1.165) is 22.1 Å². The molecule has 0 heterocycles. The summed E-state index contributed by atoms with van der Waals surface area (Å²) in [4.78, 5) is 11.9. The molecule has 0 spiro atoms. The third kappa shape index (κ3) is 4.85. The van der Waals surface area contributed by atoms with Gasteiger partial charge in [0, 0.05) is 16.2 Å². The van der Waals surface area contributed by atoms with Gasteiger partial charge in [-0.3, -0.25) is 4.79 Å². The molecule has 0 saturated carbocycles. The van der Waals surface area contributed by atoms with Crippen LogP contribution in [0.2, 0.25) is 0 Å². The van der Waals surface area contributed by atoms with Crippen molar-refractivity contribution >= 4 is 33.6 Å². The van der Waals surface area contributed by atoms with Crippen molar-refractivity contribution in [2.45, 2.75) is 26.2 Å². The fraction of sp³-hybridized carbons (Fsp3) is 0.211. The molecule has 3 heteroatoms. The highest BCUT2D eigenvalue weighted by molar-refractivity contribution is 9.10. The van der Waals surface area contributed by atoms with Crippen molar-refractivity contribution in [1.29, 1.82) is 0 Å². The lowest BCUT2D eigenvalue weighted by Gasteiger charge is -2.09. The van der Waals surface area contributed by atoms with Crippen LogP contribution in [0.5, 0.6) is 0 Å². The first-order chi connectivity index (χ1) is 10.6. The monoisotopic (exact) mass is 357 g/mol. The van der Waals surface area contributed by atoms with Crippen molar-refractivity contribution in [1.82, 2.24) is 0 Å². The van der Waals surface area contributed by atoms with Gasteiger partial charge >= 0.3 is 0 Å². The van der Waals surface area contributed by atoms with Crippen LogP contribution in [0.3, 0.4) is 0 Å². The van der Waals surface area contributed by atoms with E-state index in [1.165, 1.54) is 5.56 Å². The van der Waals surface area contributed by atoms with Crippen molar-refractivity contribution in [3.63, 3.8) is 0 Å². The Labute approximate surface area is 140 Å². The molecule has 2 aromatic carbocycles. The number of carbonyl (C=O) groups excluding carboxylic acids is 1. The minimum absolute atomic E-state index is 0.128. The summed E-state index contributed by atoms with van der Waals surface area (Å²) in [7, 11) is 0. The third-order valence-electron chi connectivity index (χ3n) is 3.64. The number of benzene rings is 2. The first kappa shape index (κ1) is 16.5. The fourth-order valence-corrected chi connectivity index (χ4v) is 2.51. The quantitative estimate of drug-likeness (QED) is 0.691. The standard InChI is InChI=1S/C19H20BrNO/c1-3-14(2)16-8-10-18(11-9-16)21-19(22)12-7-15-5-4-6-17(20)13-15/h4-14H,3H2,1-2H3,(H,21,22)/b12-7+. The molecule has 1 atom stereocenters. The average Bonchev–Trinajstić information content (AvgIpc) is 2.53. The van der Waals surface area contributed by atoms with E-state index in [0.29, 0.717) is 5.92 Å². The molecule has 1 N–H and O–H groups in total. The minimum atomic E-state index is -0.128. The van der Waals surface area contributed by atoms with Crippen molar-refractivity contribution in [3.8, 4) is 0 Å². The van der Waals surface area contributed by atoms with E-state index >= 15 is 0 Å². The minimum Gasteiger partial charge on any atom is -0.323 e. The fourth-order valence-electron chi connectivity index (χ4n) is 2.10. The second-order valence-corrected chi connectivity index (χ2v) is 6.22. The van der Waals surface area contributed by atoms with Crippen LogP contribution in [0.1, 0.15) is 37.3 Å². The molecule has 0 aromatic heterocycles. The maximum atomic E-state index is 11.9. The Morgan fingerprint density at radius 3 is 2.59 bits per heavy atom. The predicted octanol–water partition coefficient (Wildman–Crippen LogP) is 5.61. The van der Waals surface area contributed by atoms with Gasteiger partial charge in [0.1, 0.15) is 0 Å². The summed E-state index contributed by atoms with van der Waals surface area (Å²) in [5, 5.41) is 2.87. The van der Waals surface area contributed by atoms with Crippen LogP contribution in [0.25, 0.3) is 6.08 Å². The lowest BCUT2D eigenvalue weighted by atomic mass is 9.99. The molecule has 1 unspecified atom stereocenters. The smallest absolute Gasteiger partial charge is 0.248 e. The van der Waals surface area contributed by atoms with Crippen molar-refractivity contribution < 1.29 is 4.79 Å². The van der Waals surface area contributed by atoms with E-state index in [-0.39, 0.29) is 5.91 Å². The summed E-state index contributed by atoms with van der Waals surface area (Å²) in [5.41, 5.74) is 3.10. The second-order valence-electron chi connectivity index (χ2n) is 5.31. The number of hydrogen-bond acceptors (Lipinski definition) is 1. The summed E-state index contributed by atoms with van der Waals surface area (Å²) < 4.78 is 0.996. The Bertz CT molecular complexity index is 661. The zero-order valence-electron chi connectivity index (χ0n) is 12.8. The summed E-state index contributed by atoms with van der Waals surface area (Å²) in [6.07, 6.45) is 4.46. The van der Waals surface area contributed by atoms with Gasteiger partial charge in [0.15, 0.2) is 0 Å². The van der Waals surface area contributed by atoms with Crippen molar-refractivity contribution in [3.05, 3.63) is 70.2 Å². The number of amides is 1. The molecule has 2 nitrogen and oxygen atoms in total. The van der Waals surface area contributed by atoms with Gasteiger partial charge in [0.05, 0.1) is 0 Å². The van der Waals surface area contributed by atoms with Crippen LogP contribution >= 0.6 is 15.9 Å². The van der Waals surface area contributed by atoms with Gasteiger partial charge in [0.25, 0.3) is 0 Å². The van der Waals surface area contributed by atoms with E-state index < -0.39 is 0 Å². The van der Waals surface area contributed by atoms with Crippen molar-refractivity contribution in [2.24, 2.45) is 0 Å². The van der Waals surface area contributed by atoms with Gasteiger partial charge in [-0.15, -0.1) is 0 Å². The molecule has 0 bridgehead atoms. The molecule has 2 aromatic rings. The molecular formula is C19H20BrNO. The highest BCUT2D eigenvalue weighted by atomic mass is 79.9. The molecule has 0 aliphatic heterocycles. The normalized spacial score (nSPS) is 12.3. The van der Waals surface area contributed by atoms with Crippen LogP contribution in [0.4, 0.5) is 5.69 Å². The summed E-state index contributed by atoms with van der Waals surface area (Å²) in [6, 6.07) is 15.9. The van der Waals surface area contributed by atoms with Crippen LogP contribution < -0.4 is 5.32 Å². The number of halogens is 1. The summed E-state index contributed by atoms with van der Waals surface area (Å²) >= 11 is 3.41. The third-order valence-corrected chi connectivity index (χ3v) is 4.13. The van der Waals surface area contributed by atoms with Crippen molar-refractivity contribution in [2.75, 3.05) is 5.32 Å². The largest absolute Gasteiger partial charge is 0.323 e. The molecule has 114 valence electrons. The maximum Gasteiger partial charge on any atom is 0.248 e. The SMILES string of the molecule is CCC(C)c1ccc(NC(=O)/C=C/c2cccc(Br)c2)cc1.